The summed E-state index contributed by atoms with van der Waals surface area (Å²) in [6.45, 7) is 1.67. The molecule has 2 amide bonds. The normalized spacial score (nSPS) is 10.2. The van der Waals surface area contributed by atoms with E-state index >= 15 is 0 Å². The van der Waals surface area contributed by atoms with Gasteiger partial charge >= 0.3 is 0 Å². The lowest BCUT2D eigenvalue weighted by Crippen LogP contribution is -2.20. The maximum atomic E-state index is 12.9. The zero-order valence-corrected chi connectivity index (χ0v) is 16.6. The van der Waals surface area contributed by atoms with Gasteiger partial charge in [-0.3, -0.25) is 9.59 Å². The molecule has 0 saturated heterocycles. The Morgan fingerprint density at radius 1 is 0.900 bits per heavy atom. The molecule has 2 N–H and O–H groups in total. The van der Waals surface area contributed by atoms with Crippen LogP contribution in [0.5, 0.6) is 11.5 Å². The summed E-state index contributed by atoms with van der Waals surface area (Å²) in [6, 6.07) is 17.6. The molecule has 0 atom stereocenters. The first-order valence-electron chi connectivity index (χ1n) is 9.19. The molecule has 0 aliphatic carbocycles. The number of nitrogens with one attached hydrogen (secondary N) is 2. The fourth-order valence-electron chi connectivity index (χ4n) is 2.73. The Bertz CT molecular complexity index is 1050. The van der Waals surface area contributed by atoms with Crippen LogP contribution in [0.3, 0.4) is 0 Å². The van der Waals surface area contributed by atoms with Gasteiger partial charge in [0.1, 0.15) is 5.82 Å². The van der Waals surface area contributed by atoms with Gasteiger partial charge < -0.3 is 20.1 Å². The van der Waals surface area contributed by atoms with E-state index in [9.17, 15) is 14.0 Å². The van der Waals surface area contributed by atoms with Crippen molar-refractivity contribution in [3.63, 3.8) is 0 Å². The van der Waals surface area contributed by atoms with Crippen LogP contribution in [0.25, 0.3) is 0 Å². The minimum atomic E-state index is -0.412. The van der Waals surface area contributed by atoms with Gasteiger partial charge in [-0.15, -0.1) is 0 Å². The molecule has 30 heavy (non-hydrogen) atoms. The van der Waals surface area contributed by atoms with E-state index in [0.29, 0.717) is 28.4 Å². The molecule has 0 spiro atoms. The van der Waals surface area contributed by atoms with Crippen LogP contribution >= 0.6 is 0 Å². The summed E-state index contributed by atoms with van der Waals surface area (Å²) in [7, 11) is 1.45. The van der Waals surface area contributed by atoms with E-state index in [1.165, 1.54) is 31.4 Å². The topological polar surface area (TPSA) is 76.7 Å². The van der Waals surface area contributed by atoms with Gasteiger partial charge in [-0.1, -0.05) is 12.1 Å². The molecule has 0 heterocycles. The van der Waals surface area contributed by atoms with Gasteiger partial charge in [-0.05, 0) is 67.1 Å². The van der Waals surface area contributed by atoms with Crippen molar-refractivity contribution >= 4 is 23.2 Å². The SMILES string of the molecule is COc1cc(C(=O)Nc2cccc(C)c2)ccc1OCC(=O)Nc1ccc(F)cc1. The number of methoxy groups -OCH3 is 1. The smallest absolute Gasteiger partial charge is 0.262 e. The van der Waals surface area contributed by atoms with Crippen LogP contribution in [0.2, 0.25) is 0 Å². The van der Waals surface area contributed by atoms with E-state index in [1.807, 2.05) is 25.1 Å². The summed E-state index contributed by atoms with van der Waals surface area (Å²) >= 11 is 0. The predicted octanol–water partition coefficient (Wildman–Crippen LogP) is 4.41. The predicted molar refractivity (Wildman–Crippen MR) is 113 cm³/mol. The Morgan fingerprint density at radius 3 is 2.37 bits per heavy atom. The molecule has 3 aromatic carbocycles. The molecule has 0 unspecified atom stereocenters. The van der Waals surface area contributed by atoms with Crippen molar-refractivity contribution in [2.45, 2.75) is 6.92 Å². The standard InChI is InChI=1S/C23H21FN2O4/c1-15-4-3-5-19(12-15)26-23(28)16-6-11-20(21(13-16)29-2)30-14-22(27)25-18-9-7-17(24)8-10-18/h3-13H,14H2,1-2H3,(H,25,27)(H,26,28). The van der Waals surface area contributed by atoms with Crippen molar-refractivity contribution in [2.24, 2.45) is 0 Å². The molecule has 0 aromatic heterocycles. The van der Waals surface area contributed by atoms with E-state index in [0.717, 1.165) is 5.56 Å². The van der Waals surface area contributed by atoms with Gasteiger partial charge in [0.05, 0.1) is 7.11 Å². The highest BCUT2D eigenvalue weighted by molar-refractivity contribution is 6.04. The highest BCUT2D eigenvalue weighted by atomic mass is 19.1. The molecule has 7 heteroatoms. The quantitative estimate of drug-likeness (QED) is 0.607. The molecule has 0 bridgehead atoms. The largest absolute Gasteiger partial charge is 0.493 e. The number of hydrogen-bond donors (Lipinski definition) is 2. The van der Waals surface area contributed by atoms with Gasteiger partial charge in [-0.2, -0.15) is 0 Å². The highest BCUT2D eigenvalue weighted by Gasteiger charge is 2.13. The first-order valence-corrected chi connectivity index (χ1v) is 9.19. The number of halogens is 1. The third kappa shape index (κ3) is 5.57. The summed E-state index contributed by atoms with van der Waals surface area (Å²) in [5.41, 5.74) is 2.57. The molecule has 0 fully saturated rings. The van der Waals surface area contributed by atoms with Crippen molar-refractivity contribution < 1.29 is 23.5 Å². The van der Waals surface area contributed by atoms with Crippen molar-refractivity contribution in [3.05, 3.63) is 83.7 Å². The van der Waals surface area contributed by atoms with Crippen LogP contribution < -0.4 is 20.1 Å². The first kappa shape index (κ1) is 20.9. The van der Waals surface area contributed by atoms with E-state index < -0.39 is 5.91 Å². The van der Waals surface area contributed by atoms with Crippen LogP contribution in [0, 0.1) is 12.7 Å². The van der Waals surface area contributed by atoms with Crippen LogP contribution in [-0.2, 0) is 4.79 Å². The zero-order valence-electron chi connectivity index (χ0n) is 16.6. The van der Waals surface area contributed by atoms with Crippen LogP contribution in [0.1, 0.15) is 15.9 Å². The Kier molecular flexibility index (Phi) is 6.64. The number of carbonyl (C=O) groups excluding carboxylic acids is 2. The third-order valence-corrected chi connectivity index (χ3v) is 4.19. The molecule has 0 saturated carbocycles. The minimum Gasteiger partial charge on any atom is -0.493 e. The average molecular weight is 408 g/mol. The van der Waals surface area contributed by atoms with Gasteiger partial charge in [0.25, 0.3) is 11.8 Å². The number of amides is 2. The maximum Gasteiger partial charge on any atom is 0.262 e. The second-order valence-corrected chi connectivity index (χ2v) is 6.53. The molecule has 154 valence electrons. The summed E-state index contributed by atoms with van der Waals surface area (Å²) in [5.74, 6) is -0.453. The summed E-state index contributed by atoms with van der Waals surface area (Å²) in [4.78, 5) is 24.5. The molecular weight excluding hydrogens is 387 g/mol. The Hall–Kier alpha value is -3.87. The fourth-order valence-corrected chi connectivity index (χ4v) is 2.73. The summed E-state index contributed by atoms with van der Waals surface area (Å²) in [5, 5.41) is 5.43. The number of carbonyl (C=O) groups is 2. The zero-order chi connectivity index (χ0) is 21.5. The molecule has 0 aliphatic rings. The first-order chi connectivity index (χ1) is 14.4. The van der Waals surface area contributed by atoms with Gasteiger partial charge in [0, 0.05) is 16.9 Å². The van der Waals surface area contributed by atoms with Crippen molar-refractivity contribution in [1.82, 2.24) is 0 Å². The van der Waals surface area contributed by atoms with Crippen molar-refractivity contribution in [2.75, 3.05) is 24.4 Å². The lowest BCUT2D eigenvalue weighted by Gasteiger charge is -2.13. The van der Waals surface area contributed by atoms with E-state index in [1.54, 1.807) is 24.3 Å². The Balaban J connectivity index is 1.62. The second-order valence-electron chi connectivity index (χ2n) is 6.53. The van der Waals surface area contributed by atoms with Crippen molar-refractivity contribution in [3.8, 4) is 11.5 Å². The fraction of sp³-hybridized carbons (Fsp3) is 0.130. The maximum absolute atomic E-state index is 12.9. The average Bonchev–Trinajstić information content (AvgIpc) is 2.73. The number of rotatable bonds is 7. The van der Waals surface area contributed by atoms with Gasteiger partial charge in [0.15, 0.2) is 18.1 Å². The van der Waals surface area contributed by atoms with Gasteiger partial charge in [-0.25, -0.2) is 4.39 Å². The molecule has 0 aliphatic heterocycles. The lowest BCUT2D eigenvalue weighted by atomic mass is 10.1. The van der Waals surface area contributed by atoms with Crippen LogP contribution in [0.4, 0.5) is 15.8 Å². The van der Waals surface area contributed by atoms with E-state index in [2.05, 4.69) is 10.6 Å². The number of ether oxygens (including phenoxy) is 2. The number of aryl methyl sites for hydroxylation is 1. The van der Waals surface area contributed by atoms with Gasteiger partial charge in [0.2, 0.25) is 0 Å². The lowest BCUT2D eigenvalue weighted by molar-refractivity contribution is -0.118. The van der Waals surface area contributed by atoms with E-state index in [-0.39, 0.29) is 18.3 Å². The molecule has 0 radical (unpaired) electrons. The summed E-state index contributed by atoms with van der Waals surface area (Å²) in [6.07, 6.45) is 0. The Labute approximate surface area is 173 Å². The van der Waals surface area contributed by atoms with Crippen molar-refractivity contribution in [1.29, 1.82) is 0 Å². The van der Waals surface area contributed by atoms with Crippen LogP contribution in [0.15, 0.2) is 66.7 Å². The molecule has 3 rings (SSSR count). The molecular formula is C23H21FN2O4. The molecule has 3 aromatic rings. The Morgan fingerprint density at radius 2 is 1.67 bits per heavy atom. The third-order valence-electron chi connectivity index (χ3n) is 4.19. The monoisotopic (exact) mass is 408 g/mol. The minimum absolute atomic E-state index is 0.275. The number of benzene rings is 3. The summed E-state index contributed by atoms with van der Waals surface area (Å²) < 4.78 is 23.7. The number of anilines is 2. The highest BCUT2D eigenvalue weighted by Crippen LogP contribution is 2.28. The van der Waals surface area contributed by atoms with E-state index in [4.69, 9.17) is 9.47 Å². The van der Waals surface area contributed by atoms with Crippen LogP contribution in [-0.4, -0.2) is 25.5 Å². The number of hydrogen-bond acceptors (Lipinski definition) is 4. The second kappa shape index (κ2) is 9.56. The molecule has 6 nitrogen and oxygen atoms in total.